The normalized spacial score (nSPS) is 12.9. The minimum Gasteiger partial charge on any atom is -0.481 e. The monoisotopic (exact) mass is 1340 g/mol. The molecule has 0 fully saturated rings. The molecule has 8 aromatic carbocycles. The fourth-order valence-corrected chi connectivity index (χ4v) is 11.9. The van der Waals surface area contributed by atoms with Gasteiger partial charge in [0.25, 0.3) is 11.8 Å². The van der Waals surface area contributed by atoms with Gasteiger partial charge in [-0.2, -0.15) is 0 Å². The lowest BCUT2D eigenvalue weighted by Gasteiger charge is -2.36. The first kappa shape index (κ1) is 70.3. The Balaban J connectivity index is 0.000000227. The number of benzene rings is 8. The molecule has 6 unspecified atom stereocenters. The Labute approximate surface area is 569 Å². The highest BCUT2D eigenvalue weighted by molar-refractivity contribution is 6.30. The molecule has 4 amide bonds. The molecule has 2 aromatic heterocycles. The van der Waals surface area contributed by atoms with E-state index in [1.165, 1.54) is 0 Å². The van der Waals surface area contributed by atoms with Crippen molar-refractivity contribution in [2.45, 2.75) is 89.4 Å². The number of rotatable bonds is 28. The lowest BCUT2D eigenvalue weighted by molar-refractivity contribution is -0.151. The third-order valence-electron chi connectivity index (χ3n) is 16.9. The average molecular weight is 1350 g/mol. The predicted molar refractivity (Wildman–Crippen MR) is 369 cm³/mol. The second-order valence-corrected chi connectivity index (χ2v) is 24.5. The summed E-state index contributed by atoms with van der Waals surface area (Å²) in [6.45, 7) is 4.03. The number of carbonyl (C=O) groups excluding carboxylic acids is 4. The van der Waals surface area contributed by atoms with Gasteiger partial charge in [0, 0.05) is 101 Å². The van der Waals surface area contributed by atoms with E-state index in [0.717, 1.165) is 43.8 Å². The molecule has 6 N–H and O–H groups in total. The second-order valence-electron chi connectivity index (χ2n) is 23.6. The van der Waals surface area contributed by atoms with Crippen molar-refractivity contribution < 1.29 is 63.3 Å². The number of nitrogens with one attached hydrogen (secondary N) is 2. The highest BCUT2D eigenvalue weighted by Gasteiger charge is 2.36. The summed E-state index contributed by atoms with van der Waals surface area (Å²) in [4.78, 5) is 109. The average Bonchev–Trinajstić information content (AvgIpc) is 1.15. The number of hydrogen-bond donors (Lipinski definition) is 6. The van der Waals surface area contributed by atoms with Crippen LogP contribution >= 0.6 is 23.2 Å². The molecule has 10 aromatic rings. The maximum absolute atomic E-state index is 14.1. The van der Waals surface area contributed by atoms with Gasteiger partial charge in [-0.3, -0.25) is 43.3 Å². The Morgan fingerprint density at radius 2 is 0.887 bits per heavy atom. The number of aliphatic carboxylic acids is 4. The molecule has 0 saturated carbocycles. The van der Waals surface area contributed by atoms with Crippen LogP contribution in [0, 0.1) is 11.8 Å². The number of nitrogens with zero attached hydrogens (tertiary/aromatic N) is 4. The van der Waals surface area contributed by atoms with Gasteiger partial charge >= 0.3 is 23.9 Å². The van der Waals surface area contributed by atoms with E-state index in [0.29, 0.717) is 44.9 Å². The van der Waals surface area contributed by atoms with Crippen LogP contribution in [0.3, 0.4) is 0 Å². The van der Waals surface area contributed by atoms with E-state index in [-0.39, 0.29) is 37.0 Å². The first-order valence-corrected chi connectivity index (χ1v) is 32.0. The number of fused-ring (bicyclic) bond motifs is 2. The summed E-state index contributed by atoms with van der Waals surface area (Å²) < 4.78 is 5.61. The van der Waals surface area contributed by atoms with Gasteiger partial charge < -0.3 is 45.4 Å². The number of carboxylic acids is 4. The molecule has 2 heterocycles. The van der Waals surface area contributed by atoms with Gasteiger partial charge in [0.1, 0.15) is 5.76 Å². The van der Waals surface area contributed by atoms with Crippen LogP contribution in [0.15, 0.2) is 223 Å². The summed E-state index contributed by atoms with van der Waals surface area (Å²) in [5.41, 5.74) is 5.68. The highest BCUT2D eigenvalue weighted by atomic mass is 35.5. The van der Waals surface area contributed by atoms with Gasteiger partial charge in [0.15, 0.2) is 5.69 Å². The van der Waals surface area contributed by atoms with Crippen molar-refractivity contribution in [2.24, 2.45) is 11.8 Å². The van der Waals surface area contributed by atoms with Crippen molar-refractivity contribution in [3.63, 3.8) is 0 Å². The smallest absolute Gasteiger partial charge is 0.307 e. The van der Waals surface area contributed by atoms with Crippen LogP contribution in [0.4, 0.5) is 11.4 Å². The van der Waals surface area contributed by atoms with Gasteiger partial charge in [0.2, 0.25) is 11.8 Å². The molecule has 19 nitrogen and oxygen atoms in total. The van der Waals surface area contributed by atoms with Crippen molar-refractivity contribution in [3.05, 3.63) is 274 Å². The molecule has 0 spiro atoms. The number of hydrogen-bond acceptors (Lipinski definition) is 11. The molecule has 496 valence electrons. The van der Waals surface area contributed by atoms with Gasteiger partial charge in [0.05, 0.1) is 24.7 Å². The third kappa shape index (κ3) is 19.8. The second kappa shape index (κ2) is 33.4. The summed E-state index contributed by atoms with van der Waals surface area (Å²) in [7, 11) is 0. The summed E-state index contributed by atoms with van der Waals surface area (Å²) in [5.74, 6) is -10.3. The van der Waals surface area contributed by atoms with Crippen LogP contribution in [-0.2, 0) is 54.7 Å². The number of para-hydroxylation sites is 2. The fraction of sp³-hybridized carbons (Fsp3) is 0.211. The molecule has 21 heteroatoms. The molecule has 10 rings (SSSR count). The molecule has 0 bridgehead atoms. The Morgan fingerprint density at radius 3 is 1.33 bits per heavy atom. The van der Waals surface area contributed by atoms with Crippen molar-refractivity contribution in [1.82, 2.24) is 19.9 Å². The van der Waals surface area contributed by atoms with Crippen LogP contribution in [-0.4, -0.2) is 100.0 Å². The molecule has 0 aliphatic carbocycles. The van der Waals surface area contributed by atoms with E-state index >= 15 is 0 Å². The third-order valence-corrected chi connectivity index (χ3v) is 17.4. The number of aromatic nitrogens is 2. The molecule has 0 radical (unpaired) electrons. The van der Waals surface area contributed by atoms with E-state index in [2.05, 4.69) is 20.8 Å². The number of carbonyl (C=O) groups is 8. The Bertz CT molecular complexity index is 4420. The largest absolute Gasteiger partial charge is 0.481 e. The zero-order valence-electron chi connectivity index (χ0n) is 52.9. The zero-order valence-corrected chi connectivity index (χ0v) is 54.4. The summed E-state index contributed by atoms with van der Waals surface area (Å²) >= 11 is 12.5. The number of anilines is 2. The van der Waals surface area contributed by atoms with Crippen molar-refractivity contribution in [3.8, 4) is 0 Å². The Kier molecular flexibility index (Phi) is 24.2. The Hall–Kier alpha value is -11.0. The van der Waals surface area contributed by atoms with Crippen LogP contribution in [0.2, 0.25) is 10.0 Å². The van der Waals surface area contributed by atoms with Crippen LogP contribution < -0.4 is 10.6 Å². The minimum atomic E-state index is -1.41. The van der Waals surface area contributed by atoms with E-state index in [4.69, 9.17) is 27.7 Å². The van der Waals surface area contributed by atoms with Crippen LogP contribution in [0.5, 0.6) is 0 Å². The maximum Gasteiger partial charge on any atom is 0.307 e. The van der Waals surface area contributed by atoms with Gasteiger partial charge in [-0.05, 0) is 137 Å². The minimum absolute atomic E-state index is 0.0819. The van der Waals surface area contributed by atoms with Crippen LogP contribution in [0.25, 0.3) is 21.5 Å². The first-order valence-electron chi connectivity index (χ1n) is 31.2. The first-order chi connectivity index (χ1) is 46.6. The van der Waals surface area contributed by atoms with E-state index in [9.17, 15) is 58.8 Å². The topological polar surface area (TPSA) is 287 Å². The lowest BCUT2D eigenvalue weighted by atomic mass is 9.86. The van der Waals surface area contributed by atoms with E-state index in [1.54, 1.807) is 94.9 Å². The number of carboxylic acid groups (broad SMARTS) is 4. The number of pyridine rings is 1. The number of halogens is 2. The quantitative estimate of drug-likeness (QED) is 0.0266. The van der Waals surface area contributed by atoms with E-state index in [1.807, 2.05) is 147 Å². The molecule has 0 aliphatic rings. The van der Waals surface area contributed by atoms with Gasteiger partial charge in [-0.15, -0.1) is 0 Å². The summed E-state index contributed by atoms with van der Waals surface area (Å²) in [5, 5.41) is 53.0. The van der Waals surface area contributed by atoms with Gasteiger partial charge in [-0.25, -0.2) is 0 Å². The SMILES string of the molecule is CC(C(Cc1cc(C(=O)Nc2ccccc2)ccn1)c1ccc(Cl)cc1)N(Cc1ccc2ccccc2c1)C(=O)CC(CC(=O)O)C(=O)O.CC(C(Cc1cc(C(=O)Nc2ccccc2)no1)c1ccc(Cl)cc1)N(Cc1ccc2ccccc2c1)C(=O)CC(CC(=O)O)C(=O)O. The van der Waals surface area contributed by atoms with Gasteiger partial charge in [-0.1, -0.05) is 162 Å². The maximum atomic E-state index is 14.1. The van der Waals surface area contributed by atoms with Crippen LogP contribution in [0.1, 0.15) is 106 Å². The number of amides is 4. The molecule has 0 saturated heterocycles. The standard InChI is InChI=1S/C39H36ClN3O6.C37H34ClN3O7/c1-25(43(36(44)21-31(39(48)49)22-37(45)46)24-26-11-12-27-7-5-6-8-29(27)19-26)35(28-13-15-32(40)16-14-28)23-34-20-30(17-18-41-34)38(47)42-33-9-3-2-4-10-33;1-23(41(34(42)18-28(37(46)47)19-35(43)44)22-24-11-12-25-7-5-6-8-27(25)17-24)32(26-13-15-29(38)16-14-26)20-31-21-33(40-48-31)36(45)39-30-9-3-2-4-10-30/h2-20,25,31,35H,21-24H2,1H3,(H,42,47)(H,45,46)(H,48,49);2-17,21,23,28,32H,18-20,22H2,1H3,(H,39,45)(H,43,44)(H,46,47). The van der Waals surface area contributed by atoms with E-state index < -0.39 is 97.1 Å². The molecule has 97 heavy (non-hydrogen) atoms. The Morgan fingerprint density at radius 1 is 0.464 bits per heavy atom. The summed E-state index contributed by atoms with van der Waals surface area (Å²) in [6.07, 6.45) is -0.228. The molecule has 6 atom stereocenters. The predicted octanol–water partition coefficient (Wildman–Crippen LogP) is 14.5. The van der Waals surface area contributed by atoms with Crippen molar-refractivity contribution in [2.75, 3.05) is 10.6 Å². The van der Waals surface area contributed by atoms with Crippen molar-refractivity contribution in [1.29, 1.82) is 0 Å². The molecular weight excluding hydrogens is 1280 g/mol. The summed E-state index contributed by atoms with van der Waals surface area (Å²) in [6, 6.07) is 63.7. The highest BCUT2D eigenvalue weighted by Crippen LogP contribution is 2.34. The molecule has 0 aliphatic heterocycles. The molecular formula is C76H70Cl2N6O13. The fourth-order valence-electron chi connectivity index (χ4n) is 11.7. The zero-order chi connectivity index (χ0) is 69.1. The lowest BCUT2D eigenvalue weighted by Crippen LogP contribution is -2.43. The van der Waals surface area contributed by atoms with Crippen molar-refractivity contribution >= 4 is 104 Å².